The summed E-state index contributed by atoms with van der Waals surface area (Å²) in [6.07, 6.45) is -5.79. The van der Waals surface area contributed by atoms with Crippen LogP contribution < -0.4 is 5.73 Å². The van der Waals surface area contributed by atoms with Gasteiger partial charge < -0.3 is 15.5 Å². The number of carbonyl (C=O) groups is 2. The fourth-order valence-corrected chi connectivity index (χ4v) is 4.81. The molecule has 34 heavy (non-hydrogen) atoms. The molecule has 2 aliphatic rings. The first-order valence-corrected chi connectivity index (χ1v) is 11.5. The molecule has 0 aromatic carbocycles. The van der Waals surface area contributed by atoms with Gasteiger partial charge >= 0.3 is 6.18 Å². The van der Waals surface area contributed by atoms with Gasteiger partial charge in [-0.05, 0) is 17.9 Å². The molecule has 2 N–H and O–H groups in total. The van der Waals surface area contributed by atoms with Gasteiger partial charge in [0.25, 0.3) is 5.92 Å². The zero-order valence-electron chi connectivity index (χ0n) is 17.9. The number of carbonyl (C=O) groups excluding carboxylic acids is 2. The van der Waals surface area contributed by atoms with Gasteiger partial charge in [-0.15, -0.1) is 11.3 Å². The average molecular weight is 503 g/mol. The number of nitrogens with two attached hydrogens (primary N) is 1. The molecule has 1 saturated heterocycles. The first-order valence-electron chi connectivity index (χ1n) is 10.6. The van der Waals surface area contributed by atoms with Crippen molar-refractivity contribution in [2.45, 2.75) is 50.4 Å². The maximum Gasteiger partial charge on any atom is 0.433 e. The standard InChI is InChI=1S/C21H22F5N5O2S/c22-20(23)5-3-16(32)31(11-20)9-12(27)8-17(33)30-6-4-13-14(10-30)28-19(15-2-1-7-34-15)29-18(13)21(24,25)26/h1-2,7,12H,3-6,8-11,27H2/t12-/m1/s1. The van der Waals surface area contributed by atoms with E-state index in [1.165, 1.54) is 16.2 Å². The number of alkyl halides is 5. The van der Waals surface area contributed by atoms with Crippen LogP contribution in [0.25, 0.3) is 10.7 Å². The van der Waals surface area contributed by atoms with Gasteiger partial charge in [0.15, 0.2) is 11.5 Å². The summed E-state index contributed by atoms with van der Waals surface area (Å²) < 4.78 is 68.2. The number of hydrogen-bond acceptors (Lipinski definition) is 6. The summed E-state index contributed by atoms with van der Waals surface area (Å²) >= 11 is 1.20. The number of amides is 2. The third kappa shape index (κ3) is 5.35. The second-order valence-corrected chi connectivity index (χ2v) is 9.40. The lowest BCUT2D eigenvalue weighted by atomic mass is 10.0. The molecule has 0 bridgehead atoms. The molecule has 0 saturated carbocycles. The number of nitrogens with zero attached hydrogens (tertiary/aromatic N) is 4. The Labute approximate surface area is 195 Å². The summed E-state index contributed by atoms with van der Waals surface area (Å²) in [5.41, 5.74) is 5.04. The molecule has 1 fully saturated rings. The third-order valence-corrected chi connectivity index (χ3v) is 6.66. The molecule has 2 aromatic heterocycles. The normalized spacial score (nSPS) is 19.2. The van der Waals surface area contributed by atoms with E-state index in [9.17, 15) is 31.5 Å². The smallest absolute Gasteiger partial charge is 0.336 e. The zero-order valence-corrected chi connectivity index (χ0v) is 18.8. The number of piperidine rings is 1. The Balaban J connectivity index is 1.47. The quantitative estimate of drug-likeness (QED) is 0.634. The van der Waals surface area contributed by atoms with Crippen LogP contribution in [0.3, 0.4) is 0 Å². The molecule has 184 valence electrons. The van der Waals surface area contributed by atoms with Crippen LogP contribution in [-0.4, -0.2) is 63.2 Å². The van der Waals surface area contributed by atoms with Gasteiger partial charge in [0, 0.05) is 44.0 Å². The zero-order chi connectivity index (χ0) is 24.7. The Morgan fingerprint density at radius 3 is 2.71 bits per heavy atom. The number of thiophene rings is 1. The van der Waals surface area contributed by atoms with Gasteiger partial charge in [0.1, 0.15) is 0 Å². The van der Waals surface area contributed by atoms with Crippen LogP contribution in [0.15, 0.2) is 17.5 Å². The molecule has 2 aliphatic heterocycles. The number of hydrogen-bond donors (Lipinski definition) is 1. The van der Waals surface area contributed by atoms with E-state index in [-0.39, 0.29) is 56.0 Å². The van der Waals surface area contributed by atoms with Crippen LogP contribution in [-0.2, 0) is 28.7 Å². The Bertz CT molecular complexity index is 1080. The molecule has 4 rings (SSSR count). The van der Waals surface area contributed by atoms with Gasteiger partial charge in [-0.25, -0.2) is 18.7 Å². The highest BCUT2D eigenvalue weighted by Gasteiger charge is 2.41. The van der Waals surface area contributed by atoms with Crippen molar-refractivity contribution in [1.82, 2.24) is 19.8 Å². The average Bonchev–Trinajstić information content (AvgIpc) is 3.29. The van der Waals surface area contributed by atoms with Gasteiger partial charge in [0.05, 0.1) is 23.7 Å². The lowest BCUT2D eigenvalue weighted by molar-refractivity contribution is -0.148. The van der Waals surface area contributed by atoms with E-state index in [4.69, 9.17) is 5.73 Å². The van der Waals surface area contributed by atoms with Crippen molar-refractivity contribution in [2.75, 3.05) is 19.6 Å². The molecule has 0 radical (unpaired) electrons. The molecule has 1 atom stereocenters. The Kier molecular flexibility index (Phi) is 6.60. The van der Waals surface area contributed by atoms with Gasteiger partial charge in [-0.1, -0.05) is 6.07 Å². The highest BCUT2D eigenvalue weighted by molar-refractivity contribution is 7.13. The Hall–Kier alpha value is -2.67. The van der Waals surface area contributed by atoms with E-state index < -0.39 is 48.6 Å². The molecule has 2 amide bonds. The third-order valence-electron chi connectivity index (χ3n) is 5.80. The molecule has 0 spiro atoms. The topological polar surface area (TPSA) is 92.4 Å². The van der Waals surface area contributed by atoms with E-state index in [0.29, 0.717) is 4.88 Å². The van der Waals surface area contributed by atoms with E-state index >= 15 is 0 Å². The molecule has 7 nitrogen and oxygen atoms in total. The Morgan fingerprint density at radius 1 is 1.26 bits per heavy atom. The highest BCUT2D eigenvalue weighted by Crippen LogP contribution is 2.36. The van der Waals surface area contributed by atoms with Crippen LogP contribution in [0.1, 0.15) is 36.2 Å². The lowest BCUT2D eigenvalue weighted by Gasteiger charge is -2.34. The maximum absolute atomic E-state index is 13.7. The number of fused-ring (bicyclic) bond motifs is 1. The van der Waals surface area contributed by atoms with Gasteiger partial charge in [-0.2, -0.15) is 13.2 Å². The number of halogens is 5. The van der Waals surface area contributed by atoms with Crippen LogP contribution in [0.5, 0.6) is 0 Å². The first kappa shape index (κ1) is 24.5. The largest absolute Gasteiger partial charge is 0.433 e. The van der Waals surface area contributed by atoms with Crippen molar-refractivity contribution >= 4 is 23.2 Å². The van der Waals surface area contributed by atoms with Crippen LogP contribution >= 0.6 is 11.3 Å². The maximum atomic E-state index is 13.7. The fraction of sp³-hybridized carbons (Fsp3) is 0.524. The van der Waals surface area contributed by atoms with Gasteiger partial charge in [-0.3, -0.25) is 9.59 Å². The van der Waals surface area contributed by atoms with Gasteiger partial charge in [0.2, 0.25) is 11.8 Å². The van der Waals surface area contributed by atoms with E-state index in [2.05, 4.69) is 9.97 Å². The first-order chi connectivity index (χ1) is 15.9. The van der Waals surface area contributed by atoms with Crippen LogP contribution in [0.2, 0.25) is 0 Å². The van der Waals surface area contributed by atoms with E-state index in [0.717, 1.165) is 4.90 Å². The summed E-state index contributed by atoms with van der Waals surface area (Å²) in [7, 11) is 0. The molecule has 0 unspecified atom stereocenters. The minimum atomic E-state index is -4.67. The van der Waals surface area contributed by atoms with Crippen LogP contribution in [0, 0.1) is 0 Å². The summed E-state index contributed by atoms with van der Waals surface area (Å²) in [4.78, 5) is 35.6. The predicted molar refractivity (Wildman–Crippen MR) is 113 cm³/mol. The van der Waals surface area contributed by atoms with Crippen molar-refractivity contribution < 1.29 is 31.5 Å². The van der Waals surface area contributed by atoms with E-state index in [1.54, 1.807) is 17.5 Å². The number of aromatic nitrogens is 2. The molecular formula is C21H22F5N5O2S. The molecule has 0 aliphatic carbocycles. The minimum Gasteiger partial charge on any atom is -0.336 e. The highest BCUT2D eigenvalue weighted by atomic mass is 32.1. The van der Waals surface area contributed by atoms with Crippen molar-refractivity contribution in [3.8, 4) is 10.7 Å². The Morgan fingerprint density at radius 2 is 2.03 bits per heavy atom. The second kappa shape index (κ2) is 9.17. The number of rotatable bonds is 5. The second-order valence-electron chi connectivity index (χ2n) is 8.46. The van der Waals surface area contributed by atoms with Crippen molar-refractivity contribution in [3.63, 3.8) is 0 Å². The molecule has 2 aromatic rings. The SMILES string of the molecule is N[C@H](CC(=O)N1CCc2c(nc(-c3cccs3)nc2C(F)(F)F)C1)CN1CC(F)(F)CCC1=O. The molecular weight excluding hydrogens is 481 g/mol. The van der Waals surface area contributed by atoms with Crippen molar-refractivity contribution in [1.29, 1.82) is 0 Å². The summed E-state index contributed by atoms with van der Waals surface area (Å²) in [5, 5.41) is 1.70. The molecule has 13 heteroatoms. The van der Waals surface area contributed by atoms with E-state index in [1.807, 2.05) is 0 Å². The fourth-order valence-electron chi connectivity index (χ4n) is 4.16. The monoisotopic (exact) mass is 503 g/mol. The minimum absolute atomic E-state index is 0.0179. The summed E-state index contributed by atoms with van der Waals surface area (Å²) in [6, 6.07) is 2.41. The predicted octanol–water partition coefficient (Wildman–Crippen LogP) is 3.08. The van der Waals surface area contributed by atoms with Crippen molar-refractivity contribution in [3.05, 3.63) is 34.5 Å². The summed E-state index contributed by atoms with van der Waals surface area (Å²) in [6.45, 7) is -1.07. The van der Waals surface area contributed by atoms with Crippen LogP contribution in [0.4, 0.5) is 22.0 Å². The molecule has 4 heterocycles. The summed E-state index contributed by atoms with van der Waals surface area (Å²) in [5.74, 6) is -3.95. The van der Waals surface area contributed by atoms with Crippen molar-refractivity contribution in [2.24, 2.45) is 5.73 Å². The lowest BCUT2D eigenvalue weighted by Crippen LogP contribution is -2.51. The number of likely N-dealkylation sites (tertiary alicyclic amines) is 1.